The van der Waals surface area contributed by atoms with E-state index in [1.807, 2.05) is 29.4 Å². The highest BCUT2D eigenvalue weighted by Gasteiger charge is 2.39. The van der Waals surface area contributed by atoms with Gasteiger partial charge in [-0.15, -0.1) is 0 Å². The second-order valence-corrected chi connectivity index (χ2v) is 6.47. The average Bonchev–Trinajstić information content (AvgIpc) is 3.32. The number of hydrogen-bond acceptors (Lipinski definition) is 5. The summed E-state index contributed by atoms with van der Waals surface area (Å²) in [7, 11) is 0. The van der Waals surface area contributed by atoms with E-state index in [1.165, 1.54) is 0 Å². The van der Waals surface area contributed by atoms with Crippen LogP contribution in [0.25, 0.3) is 11.0 Å². The molecule has 24 heavy (non-hydrogen) atoms. The molecule has 0 bridgehead atoms. The molecular weight excluding hydrogens is 304 g/mol. The summed E-state index contributed by atoms with van der Waals surface area (Å²) in [6.07, 6.45) is 9.94. The maximum absolute atomic E-state index is 9.81. The Morgan fingerprint density at radius 3 is 3.12 bits per heavy atom. The van der Waals surface area contributed by atoms with Gasteiger partial charge in [0.1, 0.15) is 17.9 Å². The third-order valence-electron chi connectivity index (χ3n) is 5.00. The monoisotopic (exact) mass is 323 g/mol. The lowest BCUT2D eigenvalue weighted by molar-refractivity contribution is -0.572. The predicted octanol–water partition coefficient (Wildman–Crippen LogP) is 1.57. The summed E-state index contributed by atoms with van der Waals surface area (Å²) < 4.78 is 1.90. The number of aromatic nitrogens is 3. The van der Waals surface area contributed by atoms with Crippen molar-refractivity contribution in [2.75, 3.05) is 0 Å². The van der Waals surface area contributed by atoms with Crippen molar-refractivity contribution < 1.29 is 9.79 Å². The van der Waals surface area contributed by atoms with Crippen molar-refractivity contribution in [3.8, 4) is 6.07 Å². The zero-order valence-electron chi connectivity index (χ0n) is 13.2. The number of rotatable bonds is 4. The molecule has 0 aromatic carbocycles. The van der Waals surface area contributed by atoms with Crippen LogP contribution in [0.4, 0.5) is 0 Å². The number of nitriles is 1. The molecule has 1 aliphatic carbocycles. The van der Waals surface area contributed by atoms with E-state index in [9.17, 15) is 10.4 Å². The molecule has 1 saturated carbocycles. The first-order valence-electron chi connectivity index (χ1n) is 8.26. The summed E-state index contributed by atoms with van der Waals surface area (Å²) in [6, 6.07) is 4.25. The summed E-state index contributed by atoms with van der Waals surface area (Å²) in [5.74, 6) is 0.267. The van der Waals surface area contributed by atoms with Crippen LogP contribution in [0.5, 0.6) is 0 Å². The molecule has 4 atom stereocenters. The van der Waals surface area contributed by atoms with E-state index < -0.39 is 0 Å². The maximum Gasteiger partial charge on any atom is 0.199 e. The summed E-state index contributed by atoms with van der Waals surface area (Å²) >= 11 is 0. The van der Waals surface area contributed by atoms with Gasteiger partial charge in [0.15, 0.2) is 12.3 Å². The molecule has 1 aliphatic heterocycles. The lowest BCUT2D eigenvalue weighted by Crippen LogP contribution is -2.29. The van der Waals surface area contributed by atoms with Gasteiger partial charge >= 0.3 is 0 Å². The summed E-state index contributed by atoms with van der Waals surface area (Å²) in [6.45, 7) is 0. The van der Waals surface area contributed by atoms with Crippen LogP contribution < -0.4 is 0 Å². The van der Waals surface area contributed by atoms with E-state index in [0.717, 1.165) is 36.0 Å². The minimum atomic E-state index is -0.250. The third kappa shape index (κ3) is 2.59. The smallest absolute Gasteiger partial charge is 0.199 e. The van der Waals surface area contributed by atoms with Crippen molar-refractivity contribution in [3.05, 3.63) is 24.3 Å². The van der Waals surface area contributed by atoms with E-state index in [4.69, 9.17) is 0 Å². The van der Waals surface area contributed by atoms with Crippen molar-refractivity contribution in [2.45, 2.75) is 43.7 Å². The lowest BCUT2D eigenvalue weighted by atomic mass is 9.95. The molecule has 2 aromatic heterocycles. The molecule has 3 heterocycles. The normalized spacial score (nSPS) is 27.3. The van der Waals surface area contributed by atoms with Crippen molar-refractivity contribution in [2.24, 2.45) is 11.0 Å². The van der Waals surface area contributed by atoms with E-state index in [2.05, 4.69) is 26.1 Å². The minimum Gasteiger partial charge on any atom is -0.393 e. The molecule has 2 unspecified atom stereocenters. The molecule has 1 fully saturated rings. The van der Waals surface area contributed by atoms with Gasteiger partial charge < -0.3 is 10.1 Å². The molecule has 2 N–H and O–H groups in total. The Kier molecular flexibility index (Phi) is 3.82. The van der Waals surface area contributed by atoms with Gasteiger partial charge in [-0.2, -0.15) is 5.26 Å². The van der Waals surface area contributed by atoms with Crippen molar-refractivity contribution in [1.82, 2.24) is 15.0 Å². The number of H-pyrrole nitrogens is 1. The highest BCUT2D eigenvalue weighted by Crippen LogP contribution is 2.32. The van der Waals surface area contributed by atoms with Gasteiger partial charge in [-0.25, -0.2) is 9.97 Å². The second kappa shape index (κ2) is 6.13. The quantitative estimate of drug-likeness (QED) is 0.834. The Hall–Kier alpha value is -2.59. The minimum absolute atomic E-state index is 0.0111. The Bertz CT molecular complexity index is 848. The molecule has 0 amide bonds. The zero-order chi connectivity index (χ0) is 16.5. The van der Waals surface area contributed by atoms with Gasteiger partial charge in [-0.05, 0) is 30.4 Å². The van der Waals surface area contributed by atoms with Gasteiger partial charge in [0.05, 0.1) is 30.5 Å². The number of aliphatic hydroxyl groups is 1. The lowest BCUT2D eigenvalue weighted by Gasteiger charge is -2.14. The summed E-state index contributed by atoms with van der Waals surface area (Å²) in [5, 5.41) is 24.5. The SMILES string of the molecule is N#CCC([C@@H]1CC[C@@H](O)C1)[N+]1=CC(c2ncnc3[nH]ccc23)C=N1. The molecule has 0 spiro atoms. The molecule has 7 heteroatoms. The largest absolute Gasteiger partial charge is 0.393 e. The molecule has 2 aromatic rings. The van der Waals surface area contributed by atoms with Gasteiger partial charge in [0.2, 0.25) is 0 Å². The van der Waals surface area contributed by atoms with E-state index in [0.29, 0.717) is 12.3 Å². The first-order valence-corrected chi connectivity index (χ1v) is 8.26. The Balaban J connectivity index is 1.63. The van der Waals surface area contributed by atoms with Gasteiger partial charge in [0.25, 0.3) is 0 Å². The van der Waals surface area contributed by atoms with E-state index in [-0.39, 0.29) is 18.1 Å². The topological polar surface area (TPSA) is 101 Å². The number of nitrogens with zero attached hydrogens (tertiary/aromatic N) is 5. The molecule has 0 radical (unpaired) electrons. The van der Waals surface area contributed by atoms with Crippen LogP contribution in [0.1, 0.15) is 37.3 Å². The van der Waals surface area contributed by atoms with Crippen LogP contribution in [-0.2, 0) is 0 Å². The van der Waals surface area contributed by atoms with Crippen LogP contribution in [0.15, 0.2) is 23.7 Å². The predicted molar refractivity (Wildman–Crippen MR) is 88.8 cm³/mol. The Labute approximate surface area is 139 Å². The third-order valence-corrected chi connectivity index (χ3v) is 5.00. The number of aliphatic hydroxyl groups excluding tert-OH is 1. The first kappa shape index (κ1) is 15.0. The molecular formula is C17H19N6O+. The number of fused-ring (bicyclic) bond motifs is 1. The van der Waals surface area contributed by atoms with Gasteiger partial charge in [-0.1, -0.05) is 4.68 Å². The standard InChI is InChI=1S/C17H19N6O/c18-5-3-15(11-1-2-13(24)7-11)23-9-12(8-22-23)16-14-4-6-19-17(14)21-10-20-16/h4,6,8-13,15,24H,1-3,7H2,(H,19,20,21)/q+1/t11-,12?,13-,15?/m1/s1. The molecule has 0 saturated heterocycles. The average molecular weight is 323 g/mol. The molecule has 4 rings (SSSR count). The summed E-state index contributed by atoms with van der Waals surface area (Å²) in [5.41, 5.74) is 1.72. The fraction of sp³-hybridized carbons (Fsp3) is 0.471. The second-order valence-electron chi connectivity index (χ2n) is 6.47. The van der Waals surface area contributed by atoms with Crippen LogP contribution in [0.2, 0.25) is 0 Å². The van der Waals surface area contributed by atoms with Gasteiger partial charge in [0, 0.05) is 17.5 Å². The van der Waals surface area contributed by atoms with Crippen LogP contribution >= 0.6 is 0 Å². The Morgan fingerprint density at radius 2 is 2.33 bits per heavy atom. The Morgan fingerprint density at radius 1 is 1.42 bits per heavy atom. The van der Waals surface area contributed by atoms with Crippen LogP contribution in [-0.4, -0.2) is 49.3 Å². The maximum atomic E-state index is 9.81. The highest BCUT2D eigenvalue weighted by atomic mass is 16.3. The first-order chi connectivity index (χ1) is 11.8. The number of nitrogens with one attached hydrogen (secondary N) is 1. The number of aromatic amines is 1. The fourth-order valence-electron chi connectivity index (χ4n) is 3.80. The zero-order valence-corrected chi connectivity index (χ0v) is 13.2. The fourth-order valence-corrected chi connectivity index (χ4v) is 3.80. The van der Waals surface area contributed by atoms with Crippen molar-refractivity contribution in [3.63, 3.8) is 0 Å². The van der Waals surface area contributed by atoms with Gasteiger partial charge in [-0.3, -0.25) is 0 Å². The van der Waals surface area contributed by atoms with Crippen LogP contribution in [0, 0.1) is 17.2 Å². The van der Waals surface area contributed by atoms with Crippen molar-refractivity contribution in [1.29, 1.82) is 5.26 Å². The highest BCUT2D eigenvalue weighted by molar-refractivity contribution is 5.94. The summed E-state index contributed by atoms with van der Waals surface area (Å²) in [4.78, 5) is 11.7. The molecule has 2 aliphatic rings. The van der Waals surface area contributed by atoms with E-state index in [1.54, 1.807) is 6.33 Å². The number of hydrogen-bond donors (Lipinski definition) is 2. The van der Waals surface area contributed by atoms with E-state index >= 15 is 0 Å². The van der Waals surface area contributed by atoms with Crippen LogP contribution in [0.3, 0.4) is 0 Å². The molecule has 7 nitrogen and oxygen atoms in total. The molecule has 122 valence electrons. The number of hydrazone groups is 1. The van der Waals surface area contributed by atoms with Crippen molar-refractivity contribution >= 4 is 23.5 Å².